The maximum atomic E-state index is 9.10. The van der Waals surface area contributed by atoms with E-state index in [0.717, 1.165) is 17.7 Å². The van der Waals surface area contributed by atoms with Gasteiger partial charge in [-0.2, -0.15) is 0 Å². The van der Waals surface area contributed by atoms with Crippen molar-refractivity contribution >= 4 is 0 Å². The van der Waals surface area contributed by atoms with Crippen LogP contribution in [0.25, 0.3) is 0 Å². The zero-order valence-corrected chi connectivity index (χ0v) is 9.58. The third kappa shape index (κ3) is 2.00. The van der Waals surface area contributed by atoms with Gasteiger partial charge in [0.1, 0.15) is 11.4 Å². The van der Waals surface area contributed by atoms with Crippen LogP contribution in [0.1, 0.15) is 37.8 Å². The number of fused-ring (bicyclic) bond motifs is 1. The fraction of sp³-hybridized carbons (Fsp3) is 0.538. The minimum atomic E-state index is -0.0800. The second-order valence-corrected chi connectivity index (χ2v) is 4.99. The van der Waals surface area contributed by atoms with E-state index >= 15 is 0 Å². The van der Waals surface area contributed by atoms with Crippen LogP contribution < -0.4 is 4.74 Å². The number of aliphatic hydroxyl groups excluding tert-OH is 1. The van der Waals surface area contributed by atoms with Crippen molar-refractivity contribution in [3.63, 3.8) is 0 Å². The number of ether oxygens (including phenoxy) is 1. The Morgan fingerprint density at radius 3 is 2.87 bits per heavy atom. The van der Waals surface area contributed by atoms with Crippen LogP contribution in [0, 0.1) is 0 Å². The summed E-state index contributed by atoms with van der Waals surface area (Å²) >= 11 is 0. The molecule has 1 unspecified atom stereocenters. The quantitative estimate of drug-likeness (QED) is 0.805. The summed E-state index contributed by atoms with van der Waals surface area (Å²) in [6.45, 7) is 6.40. The summed E-state index contributed by atoms with van der Waals surface area (Å²) in [7, 11) is 0. The molecule has 2 rings (SSSR count). The summed E-state index contributed by atoms with van der Waals surface area (Å²) in [6, 6.07) is 6.26. The average Bonchev–Trinajstić information content (AvgIpc) is 2.49. The Bertz CT molecular complexity index is 369. The number of hydrogen-bond donors (Lipinski definition) is 1. The third-order valence-electron chi connectivity index (χ3n) is 2.94. The molecule has 2 heteroatoms. The van der Waals surface area contributed by atoms with E-state index in [9.17, 15) is 0 Å². The summed E-state index contributed by atoms with van der Waals surface area (Å²) in [5.41, 5.74) is 2.34. The van der Waals surface area contributed by atoms with Crippen molar-refractivity contribution < 1.29 is 9.84 Å². The lowest BCUT2D eigenvalue weighted by Gasteiger charge is -2.17. The summed E-state index contributed by atoms with van der Waals surface area (Å²) in [4.78, 5) is 0. The molecule has 1 heterocycles. The average molecular weight is 206 g/mol. The molecular weight excluding hydrogens is 188 g/mol. The molecule has 15 heavy (non-hydrogen) atoms. The van der Waals surface area contributed by atoms with Crippen molar-refractivity contribution in [3.8, 4) is 5.75 Å². The van der Waals surface area contributed by atoms with Crippen molar-refractivity contribution in [2.24, 2.45) is 0 Å². The molecule has 0 radical (unpaired) electrons. The Labute approximate surface area is 90.9 Å². The second-order valence-electron chi connectivity index (χ2n) is 4.99. The van der Waals surface area contributed by atoms with Crippen LogP contribution in [0.5, 0.6) is 5.75 Å². The molecule has 0 aromatic heterocycles. The van der Waals surface area contributed by atoms with Gasteiger partial charge in [-0.05, 0) is 31.0 Å². The highest BCUT2D eigenvalue weighted by atomic mass is 16.5. The lowest BCUT2D eigenvalue weighted by molar-refractivity contribution is 0.138. The first-order chi connectivity index (χ1) is 7.02. The molecule has 1 aromatic rings. The number of benzene rings is 1. The largest absolute Gasteiger partial charge is 0.487 e. The van der Waals surface area contributed by atoms with Gasteiger partial charge in [-0.3, -0.25) is 0 Å². The van der Waals surface area contributed by atoms with E-state index in [2.05, 4.69) is 32.0 Å². The lowest BCUT2D eigenvalue weighted by Crippen LogP contribution is -2.24. The molecule has 0 aliphatic carbocycles. The minimum absolute atomic E-state index is 0.0800. The molecular formula is C13H18O2. The second kappa shape index (κ2) is 3.53. The van der Waals surface area contributed by atoms with Gasteiger partial charge >= 0.3 is 0 Å². The SMILES string of the molecule is CC(CO)c1ccc2c(c1)OC(C)(C)C2. The van der Waals surface area contributed by atoms with Crippen LogP contribution in [-0.4, -0.2) is 17.3 Å². The predicted molar refractivity (Wildman–Crippen MR) is 60.4 cm³/mol. The van der Waals surface area contributed by atoms with Crippen LogP contribution >= 0.6 is 0 Å². The number of rotatable bonds is 2. The fourth-order valence-electron chi connectivity index (χ4n) is 2.02. The van der Waals surface area contributed by atoms with Gasteiger partial charge in [0.2, 0.25) is 0 Å². The van der Waals surface area contributed by atoms with E-state index in [0.29, 0.717) is 0 Å². The maximum absolute atomic E-state index is 9.10. The van der Waals surface area contributed by atoms with E-state index in [1.165, 1.54) is 5.56 Å². The van der Waals surface area contributed by atoms with Crippen molar-refractivity contribution in [1.29, 1.82) is 0 Å². The Hall–Kier alpha value is -1.02. The molecule has 0 amide bonds. The molecule has 1 aliphatic rings. The van der Waals surface area contributed by atoms with Gasteiger partial charge in [-0.25, -0.2) is 0 Å². The van der Waals surface area contributed by atoms with Gasteiger partial charge in [0.05, 0.1) is 0 Å². The third-order valence-corrected chi connectivity index (χ3v) is 2.94. The van der Waals surface area contributed by atoms with Gasteiger partial charge in [0, 0.05) is 18.9 Å². The molecule has 1 aromatic carbocycles. The monoisotopic (exact) mass is 206 g/mol. The van der Waals surface area contributed by atoms with Crippen LogP contribution in [0.4, 0.5) is 0 Å². The smallest absolute Gasteiger partial charge is 0.123 e. The van der Waals surface area contributed by atoms with Crippen LogP contribution in [0.15, 0.2) is 18.2 Å². The maximum Gasteiger partial charge on any atom is 0.123 e. The van der Waals surface area contributed by atoms with Gasteiger partial charge < -0.3 is 9.84 Å². The molecule has 0 saturated heterocycles. The highest BCUT2D eigenvalue weighted by Crippen LogP contribution is 2.36. The standard InChI is InChI=1S/C13H18O2/c1-9(8-14)10-4-5-11-7-13(2,3)15-12(11)6-10/h4-6,9,14H,7-8H2,1-3H3. The van der Waals surface area contributed by atoms with E-state index in [1.807, 2.05) is 6.92 Å². The zero-order chi connectivity index (χ0) is 11.1. The first-order valence-corrected chi connectivity index (χ1v) is 5.44. The summed E-state index contributed by atoms with van der Waals surface area (Å²) in [6.07, 6.45) is 0.968. The Morgan fingerprint density at radius 1 is 1.47 bits per heavy atom. The van der Waals surface area contributed by atoms with Crippen LogP contribution in [0.2, 0.25) is 0 Å². The molecule has 82 valence electrons. The number of aliphatic hydroxyl groups is 1. The van der Waals surface area contributed by atoms with E-state index < -0.39 is 0 Å². The molecule has 1 aliphatic heterocycles. The highest BCUT2D eigenvalue weighted by molar-refractivity contribution is 5.42. The Kier molecular flexibility index (Phi) is 2.47. The molecule has 0 saturated carbocycles. The van der Waals surface area contributed by atoms with Gasteiger partial charge in [0.15, 0.2) is 0 Å². The first kappa shape index (κ1) is 10.5. The molecule has 1 atom stereocenters. The normalized spacial score (nSPS) is 19.5. The molecule has 0 fully saturated rings. The fourth-order valence-corrected chi connectivity index (χ4v) is 2.02. The van der Waals surface area contributed by atoms with Gasteiger partial charge in [-0.1, -0.05) is 19.1 Å². The Balaban J connectivity index is 2.30. The van der Waals surface area contributed by atoms with E-state index in [-0.39, 0.29) is 18.1 Å². The molecule has 2 nitrogen and oxygen atoms in total. The molecule has 1 N–H and O–H groups in total. The zero-order valence-electron chi connectivity index (χ0n) is 9.58. The highest BCUT2D eigenvalue weighted by Gasteiger charge is 2.30. The predicted octanol–water partition coefficient (Wildman–Crippen LogP) is 2.50. The van der Waals surface area contributed by atoms with Crippen molar-refractivity contribution in [3.05, 3.63) is 29.3 Å². The summed E-state index contributed by atoms with van der Waals surface area (Å²) < 4.78 is 5.85. The Morgan fingerprint density at radius 2 is 2.20 bits per heavy atom. The van der Waals surface area contributed by atoms with Gasteiger partial charge in [-0.15, -0.1) is 0 Å². The molecule has 0 spiro atoms. The summed E-state index contributed by atoms with van der Waals surface area (Å²) in [5, 5.41) is 9.10. The number of hydrogen-bond acceptors (Lipinski definition) is 2. The van der Waals surface area contributed by atoms with Crippen molar-refractivity contribution in [2.75, 3.05) is 6.61 Å². The minimum Gasteiger partial charge on any atom is -0.487 e. The van der Waals surface area contributed by atoms with Crippen LogP contribution in [0.3, 0.4) is 0 Å². The van der Waals surface area contributed by atoms with E-state index in [1.54, 1.807) is 0 Å². The van der Waals surface area contributed by atoms with Crippen molar-refractivity contribution in [1.82, 2.24) is 0 Å². The topological polar surface area (TPSA) is 29.5 Å². The lowest BCUT2D eigenvalue weighted by atomic mass is 9.97. The van der Waals surface area contributed by atoms with Gasteiger partial charge in [0.25, 0.3) is 0 Å². The summed E-state index contributed by atoms with van der Waals surface area (Å²) in [5.74, 6) is 1.17. The van der Waals surface area contributed by atoms with Crippen molar-refractivity contribution in [2.45, 2.75) is 38.7 Å². The van der Waals surface area contributed by atoms with E-state index in [4.69, 9.17) is 9.84 Å². The van der Waals surface area contributed by atoms with Crippen LogP contribution in [-0.2, 0) is 6.42 Å². The first-order valence-electron chi connectivity index (χ1n) is 5.44. The molecule has 0 bridgehead atoms.